The lowest BCUT2D eigenvalue weighted by molar-refractivity contribution is 0.587. The van der Waals surface area contributed by atoms with E-state index < -0.39 is 0 Å². The van der Waals surface area contributed by atoms with Crippen molar-refractivity contribution in [3.63, 3.8) is 0 Å². The van der Waals surface area contributed by atoms with E-state index in [2.05, 4.69) is 37.9 Å². The molecule has 0 aliphatic carbocycles. The third kappa shape index (κ3) is 2.09. The van der Waals surface area contributed by atoms with Crippen LogP contribution in [0.4, 0.5) is 0 Å². The Morgan fingerprint density at radius 2 is 1.73 bits per heavy atom. The molecule has 15 heavy (non-hydrogen) atoms. The Kier molecular flexibility index (Phi) is 2.35. The molecule has 2 nitrogen and oxygen atoms in total. The van der Waals surface area contributed by atoms with Crippen LogP contribution in [0.5, 0.6) is 0 Å². The summed E-state index contributed by atoms with van der Waals surface area (Å²) in [7, 11) is 0. The van der Waals surface area contributed by atoms with Gasteiger partial charge in [0.1, 0.15) is 5.82 Å². The zero-order valence-corrected chi connectivity index (χ0v) is 9.44. The number of nitrogens with zero attached hydrogens (tertiary/aromatic N) is 2. The maximum atomic E-state index is 4.45. The fourth-order valence-corrected chi connectivity index (χ4v) is 1.47. The fourth-order valence-electron chi connectivity index (χ4n) is 1.47. The second-order valence-electron chi connectivity index (χ2n) is 4.75. The Bertz CT molecular complexity index is 419. The van der Waals surface area contributed by atoms with Gasteiger partial charge in [-0.25, -0.2) is 4.98 Å². The lowest BCUT2D eigenvalue weighted by atomic mass is 9.88. The summed E-state index contributed by atoms with van der Waals surface area (Å²) < 4.78 is 2.01. The largest absolute Gasteiger partial charge is 0.309 e. The van der Waals surface area contributed by atoms with Crippen molar-refractivity contribution in [3.05, 3.63) is 48.4 Å². The van der Waals surface area contributed by atoms with Crippen LogP contribution in [0.15, 0.2) is 42.9 Å². The Hall–Kier alpha value is -1.57. The number of pyridine rings is 1. The molecule has 0 aliphatic heterocycles. The van der Waals surface area contributed by atoms with Gasteiger partial charge in [-0.2, -0.15) is 0 Å². The van der Waals surface area contributed by atoms with E-state index in [1.807, 2.05) is 35.3 Å². The van der Waals surface area contributed by atoms with Gasteiger partial charge in [0.15, 0.2) is 0 Å². The summed E-state index contributed by atoms with van der Waals surface area (Å²) in [6.07, 6.45) is 5.95. The van der Waals surface area contributed by atoms with Gasteiger partial charge in [0, 0.05) is 18.6 Å². The van der Waals surface area contributed by atoms with Crippen LogP contribution >= 0.6 is 0 Å². The third-order valence-corrected chi connectivity index (χ3v) is 2.48. The van der Waals surface area contributed by atoms with Gasteiger partial charge in [0.2, 0.25) is 0 Å². The first-order valence-electron chi connectivity index (χ1n) is 5.17. The monoisotopic (exact) mass is 200 g/mol. The van der Waals surface area contributed by atoms with Crippen molar-refractivity contribution in [3.8, 4) is 5.82 Å². The molecular weight excluding hydrogens is 184 g/mol. The van der Waals surface area contributed by atoms with E-state index in [1.54, 1.807) is 0 Å². The standard InChI is InChI=1S/C13H16N2/c1-13(2,3)11-6-7-12(14-10-11)15-8-4-5-9-15/h4-10H,1-3H3. The smallest absolute Gasteiger partial charge is 0.136 e. The van der Waals surface area contributed by atoms with E-state index in [0.717, 1.165) is 5.82 Å². The lowest BCUT2D eigenvalue weighted by Crippen LogP contribution is -2.11. The summed E-state index contributed by atoms with van der Waals surface area (Å²) in [5, 5.41) is 0. The van der Waals surface area contributed by atoms with E-state index in [4.69, 9.17) is 0 Å². The van der Waals surface area contributed by atoms with Gasteiger partial charge in [-0.1, -0.05) is 26.8 Å². The van der Waals surface area contributed by atoms with Gasteiger partial charge in [-0.05, 0) is 29.2 Å². The number of hydrogen-bond acceptors (Lipinski definition) is 1. The van der Waals surface area contributed by atoms with Gasteiger partial charge in [-0.3, -0.25) is 0 Å². The SMILES string of the molecule is CC(C)(C)c1ccc(-n2cccc2)nc1. The first kappa shape index (κ1) is 9.97. The van der Waals surface area contributed by atoms with Gasteiger partial charge in [0.05, 0.1) is 0 Å². The average molecular weight is 200 g/mol. The molecule has 0 saturated heterocycles. The van der Waals surface area contributed by atoms with Crippen molar-refractivity contribution in [2.45, 2.75) is 26.2 Å². The van der Waals surface area contributed by atoms with Crippen LogP contribution in [0.1, 0.15) is 26.3 Å². The van der Waals surface area contributed by atoms with Gasteiger partial charge in [0.25, 0.3) is 0 Å². The highest BCUT2D eigenvalue weighted by Crippen LogP contribution is 2.21. The quantitative estimate of drug-likeness (QED) is 0.691. The molecule has 0 N–H and O–H groups in total. The predicted octanol–water partition coefficient (Wildman–Crippen LogP) is 3.17. The summed E-state index contributed by atoms with van der Waals surface area (Å²) in [4.78, 5) is 4.45. The summed E-state index contributed by atoms with van der Waals surface area (Å²) >= 11 is 0. The van der Waals surface area contributed by atoms with Crippen molar-refractivity contribution in [2.24, 2.45) is 0 Å². The topological polar surface area (TPSA) is 17.8 Å². The summed E-state index contributed by atoms with van der Waals surface area (Å²) in [6.45, 7) is 6.58. The number of rotatable bonds is 1. The van der Waals surface area contributed by atoms with Crippen molar-refractivity contribution in [1.82, 2.24) is 9.55 Å². The normalized spacial score (nSPS) is 11.7. The molecule has 0 saturated carbocycles. The summed E-state index contributed by atoms with van der Waals surface area (Å²) in [5.74, 6) is 0.966. The summed E-state index contributed by atoms with van der Waals surface area (Å²) in [5.41, 5.74) is 1.43. The molecule has 78 valence electrons. The number of aromatic nitrogens is 2. The maximum absolute atomic E-state index is 4.45. The minimum absolute atomic E-state index is 0.169. The van der Waals surface area contributed by atoms with E-state index in [9.17, 15) is 0 Å². The molecule has 2 aromatic heterocycles. The Balaban J connectivity index is 2.33. The Morgan fingerprint density at radius 3 is 2.20 bits per heavy atom. The molecule has 0 fully saturated rings. The van der Waals surface area contributed by atoms with E-state index in [1.165, 1.54) is 5.56 Å². The second kappa shape index (κ2) is 3.54. The molecule has 0 radical (unpaired) electrons. The highest BCUT2D eigenvalue weighted by Gasteiger charge is 2.13. The zero-order valence-electron chi connectivity index (χ0n) is 9.44. The molecule has 0 aliphatic rings. The van der Waals surface area contributed by atoms with Crippen molar-refractivity contribution >= 4 is 0 Å². The van der Waals surface area contributed by atoms with E-state index in [-0.39, 0.29) is 5.41 Å². The molecule has 0 unspecified atom stereocenters. The third-order valence-electron chi connectivity index (χ3n) is 2.48. The van der Waals surface area contributed by atoms with Crippen LogP contribution in [0.3, 0.4) is 0 Å². The molecule has 0 atom stereocenters. The highest BCUT2D eigenvalue weighted by atomic mass is 15.0. The summed E-state index contributed by atoms with van der Waals surface area (Å²) in [6, 6.07) is 8.20. The zero-order chi connectivity index (χ0) is 10.9. The average Bonchev–Trinajstić information content (AvgIpc) is 2.69. The molecule has 0 bridgehead atoms. The van der Waals surface area contributed by atoms with E-state index >= 15 is 0 Å². The van der Waals surface area contributed by atoms with Crippen molar-refractivity contribution < 1.29 is 0 Å². The van der Waals surface area contributed by atoms with E-state index in [0.29, 0.717) is 0 Å². The van der Waals surface area contributed by atoms with Crippen LogP contribution < -0.4 is 0 Å². The molecule has 2 heteroatoms. The molecule has 0 amide bonds. The molecule has 2 rings (SSSR count). The van der Waals surface area contributed by atoms with Crippen molar-refractivity contribution in [2.75, 3.05) is 0 Å². The second-order valence-corrected chi connectivity index (χ2v) is 4.75. The van der Waals surface area contributed by atoms with Crippen LogP contribution in [0, 0.1) is 0 Å². The van der Waals surface area contributed by atoms with Crippen LogP contribution in [0.25, 0.3) is 5.82 Å². The van der Waals surface area contributed by atoms with Crippen LogP contribution in [-0.2, 0) is 5.41 Å². The predicted molar refractivity (Wildman–Crippen MR) is 62.3 cm³/mol. The minimum Gasteiger partial charge on any atom is -0.309 e. The highest BCUT2D eigenvalue weighted by molar-refractivity contribution is 5.29. The first-order chi connectivity index (χ1) is 7.07. The van der Waals surface area contributed by atoms with Crippen molar-refractivity contribution in [1.29, 1.82) is 0 Å². The molecule has 2 aromatic rings. The van der Waals surface area contributed by atoms with Gasteiger partial charge >= 0.3 is 0 Å². The molecule has 2 heterocycles. The Labute approximate surface area is 90.6 Å². The maximum Gasteiger partial charge on any atom is 0.136 e. The van der Waals surface area contributed by atoms with Gasteiger partial charge < -0.3 is 4.57 Å². The fraction of sp³-hybridized carbons (Fsp3) is 0.308. The Morgan fingerprint density at radius 1 is 1.07 bits per heavy atom. The first-order valence-corrected chi connectivity index (χ1v) is 5.17. The minimum atomic E-state index is 0.169. The molecule has 0 aromatic carbocycles. The number of hydrogen-bond donors (Lipinski definition) is 0. The van der Waals surface area contributed by atoms with Gasteiger partial charge in [-0.15, -0.1) is 0 Å². The molecule has 0 spiro atoms. The molecular formula is C13H16N2. The van der Waals surface area contributed by atoms with Crippen LogP contribution in [0.2, 0.25) is 0 Å². The van der Waals surface area contributed by atoms with Crippen LogP contribution in [-0.4, -0.2) is 9.55 Å². The lowest BCUT2D eigenvalue weighted by Gasteiger charge is -2.18.